The Morgan fingerprint density at radius 3 is 2.80 bits per heavy atom. The maximum absolute atomic E-state index is 12.0. The molecule has 0 atom stereocenters. The van der Waals surface area contributed by atoms with Gasteiger partial charge in [0, 0.05) is 18.3 Å². The van der Waals surface area contributed by atoms with E-state index >= 15 is 0 Å². The molecule has 0 aromatic carbocycles. The van der Waals surface area contributed by atoms with Crippen molar-refractivity contribution in [3.05, 3.63) is 17.4 Å². The highest BCUT2D eigenvalue weighted by molar-refractivity contribution is 8.01. The Balaban J connectivity index is 1.79. The van der Waals surface area contributed by atoms with Crippen LogP contribution < -0.4 is 5.32 Å². The molecule has 0 saturated carbocycles. The van der Waals surface area contributed by atoms with E-state index in [0.29, 0.717) is 41.9 Å². The highest BCUT2D eigenvalue weighted by Gasteiger charge is 2.20. The topological polar surface area (TPSA) is 105 Å². The molecule has 0 spiro atoms. The van der Waals surface area contributed by atoms with Crippen LogP contribution in [0.1, 0.15) is 51.0 Å². The molecule has 2 aromatic rings. The van der Waals surface area contributed by atoms with Gasteiger partial charge < -0.3 is 9.84 Å². The Morgan fingerprint density at radius 2 is 2.16 bits per heavy atom. The van der Waals surface area contributed by atoms with Gasteiger partial charge >= 0.3 is 0 Å². The summed E-state index contributed by atoms with van der Waals surface area (Å²) < 4.78 is 6.17. The largest absolute Gasteiger partial charge is 0.339 e. The minimum atomic E-state index is -0.150. The van der Waals surface area contributed by atoms with E-state index in [1.54, 1.807) is 0 Å². The predicted molar refractivity (Wildman–Crippen MR) is 97.8 cm³/mol. The van der Waals surface area contributed by atoms with Crippen molar-refractivity contribution in [2.24, 2.45) is 0 Å². The number of nitrogens with zero attached hydrogens (tertiary/aromatic N) is 4. The van der Waals surface area contributed by atoms with Gasteiger partial charge in [-0.2, -0.15) is 10.2 Å². The van der Waals surface area contributed by atoms with Crippen LogP contribution >= 0.6 is 23.1 Å². The molecule has 0 unspecified atom stereocenters. The number of aromatic nitrogens is 3. The van der Waals surface area contributed by atoms with Crippen LogP contribution in [0.25, 0.3) is 0 Å². The smallest absolute Gasteiger partial charge is 0.226 e. The molecule has 0 fully saturated rings. The summed E-state index contributed by atoms with van der Waals surface area (Å²) in [6.07, 6.45) is 1.54. The second-order valence-electron chi connectivity index (χ2n) is 6.50. The van der Waals surface area contributed by atoms with E-state index in [1.165, 1.54) is 23.1 Å². The Hall–Kier alpha value is -1.92. The molecule has 0 aliphatic carbocycles. The van der Waals surface area contributed by atoms with Crippen LogP contribution in [0.2, 0.25) is 0 Å². The van der Waals surface area contributed by atoms with Gasteiger partial charge in [0.25, 0.3) is 0 Å². The van der Waals surface area contributed by atoms with Gasteiger partial charge in [-0.1, -0.05) is 49.0 Å². The van der Waals surface area contributed by atoms with E-state index in [2.05, 4.69) is 26.5 Å². The Kier molecular flexibility index (Phi) is 6.56. The second kappa shape index (κ2) is 8.45. The van der Waals surface area contributed by atoms with Gasteiger partial charge in [0.15, 0.2) is 11.0 Å². The number of anilines is 1. The van der Waals surface area contributed by atoms with E-state index in [4.69, 9.17) is 9.78 Å². The fourth-order valence-corrected chi connectivity index (χ4v) is 3.73. The molecule has 2 heterocycles. The number of nitriles is 1. The number of hydrogen-bond acceptors (Lipinski definition) is 8. The zero-order valence-electron chi connectivity index (χ0n) is 14.8. The van der Waals surface area contributed by atoms with Gasteiger partial charge in [0.2, 0.25) is 11.8 Å². The van der Waals surface area contributed by atoms with Crippen molar-refractivity contribution in [3.63, 3.8) is 0 Å². The van der Waals surface area contributed by atoms with E-state index < -0.39 is 0 Å². The predicted octanol–water partition coefficient (Wildman–Crippen LogP) is 3.71. The first-order chi connectivity index (χ1) is 11.8. The van der Waals surface area contributed by atoms with Crippen molar-refractivity contribution in [1.29, 1.82) is 5.26 Å². The highest BCUT2D eigenvalue weighted by Crippen LogP contribution is 2.31. The summed E-state index contributed by atoms with van der Waals surface area (Å²) in [6.45, 7) is 7.94. The normalized spacial score (nSPS) is 11.3. The van der Waals surface area contributed by atoms with Gasteiger partial charge in [-0.05, 0) is 13.3 Å². The van der Waals surface area contributed by atoms with Crippen LogP contribution in [-0.4, -0.2) is 26.8 Å². The number of carbonyl (C=O) groups excluding carboxylic acids is 1. The molecule has 0 bridgehead atoms. The number of amides is 1. The molecule has 1 amide bonds. The molecule has 0 aliphatic rings. The first kappa shape index (κ1) is 19.4. The van der Waals surface area contributed by atoms with Crippen LogP contribution in [0.5, 0.6) is 0 Å². The minimum absolute atomic E-state index is 0.0962. The average molecular weight is 380 g/mol. The molecular formula is C16H21N5O2S2. The maximum Gasteiger partial charge on any atom is 0.226 e. The average Bonchev–Trinajstić information content (AvgIpc) is 3.12. The highest BCUT2D eigenvalue weighted by atomic mass is 32.2. The summed E-state index contributed by atoms with van der Waals surface area (Å²) in [5.41, 5.74) is 0.685. The Labute approximate surface area is 155 Å². The number of thioether (sulfide) groups is 1. The lowest BCUT2D eigenvalue weighted by molar-refractivity contribution is -0.116. The summed E-state index contributed by atoms with van der Waals surface area (Å²) in [5, 5.41) is 16.0. The van der Waals surface area contributed by atoms with Gasteiger partial charge in [0.1, 0.15) is 0 Å². The van der Waals surface area contributed by atoms with Crippen molar-refractivity contribution < 1.29 is 9.32 Å². The summed E-state index contributed by atoms with van der Waals surface area (Å²) in [5.74, 6) is 1.50. The third-order valence-electron chi connectivity index (χ3n) is 3.20. The molecule has 25 heavy (non-hydrogen) atoms. The number of nitrogens with one attached hydrogen (secondary N) is 1. The molecule has 2 aromatic heterocycles. The molecule has 0 saturated heterocycles. The van der Waals surface area contributed by atoms with Crippen LogP contribution in [0.3, 0.4) is 0 Å². The van der Waals surface area contributed by atoms with E-state index in [-0.39, 0.29) is 11.3 Å². The molecule has 0 aliphatic heterocycles. The van der Waals surface area contributed by atoms with E-state index in [0.717, 1.165) is 9.90 Å². The monoisotopic (exact) mass is 379 g/mol. The summed E-state index contributed by atoms with van der Waals surface area (Å²) in [6, 6.07) is 2.08. The molecule has 1 N–H and O–H groups in total. The number of hydrogen-bond donors (Lipinski definition) is 1. The third-order valence-corrected chi connectivity index (χ3v) is 5.50. The fraction of sp³-hybridized carbons (Fsp3) is 0.562. The number of aryl methyl sites for hydroxylation is 2. The van der Waals surface area contributed by atoms with Gasteiger partial charge in [0.05, 0.1) is 21.7 Å². The zero-order chi connectivity index (χ0) is 18.4. The second-order valence-corrected chi connectivity index (χ2v) is 8.75. The maximum atomic E-state index is 12.0. The molecule has 134 valence electrons. The lowest BCUT2D eigenvalue weighted by atomic mass is 9.96. The van der Waals surface area contributed by atoms with Crippen molar-refractivity contribution in [2.45, 2.75) is 56.6 Å². The van der Waals surface area contributed by atoms with Crippen LogP contribution in [0.15, 0.2) is 8.73 Å². The van der Waals surface area contributed by atoms with Crippen LogP contribution in [-0.2, 0) is 16.6 Å². The van der Waals surface area contributed by atoms with Crippen molar-refractivity contribution in [3.8, 4) is 6.07 Å². The molecular weight excluding hydrogens is 358 g/mol. The summed E-state index contributed by atoms with van der Waals surface area (Å²) >= 11 is 2.82. The van der Waals surface area contributed by atoms with E-state index in [9.17, 15) is 4.79 Å². The third kappa shape index (κ3) is 5.83. The lowest BCUT2D eigenvalue weighted by Crippen LogP contribution is -2.13. The molecule has 2 rings (SSSR count). The van der Waals surface area contributed by atoms with Crippen molar-refractivity contribution >= 4 is 34.1 Å². The SMILES string of the molecule is Cc1nc(NC(=O)CCCc2nc(C(C)(C)C)no2)sc1SCC#N. The Bertz CT molecular complexity index is 770. The summed E-state index contributed by atoms with van der Waals surface area (Å²) in [4.78, 5) is 20.7. The molecule has 9 heteroatoms. The number of carbonyl (C=O) groups is 1. The number of rotatable bonds is 7. The van der Waals surface area contributed by atoms with Gasteiger partial charge in [-0.25, -0.2) is 4.98 Å². The molecule has 0 radical (unpaired) electrons. The fourth-order valence-electron chi connectivity index (χ4n) is 1.91. The van der Waals surface area contributed by atoms with Crippen LogP contribution in [0.4, 0.5) is 5.13 Å². The first-order valence-electron chi connectivity index (χ1n) is 7.89. The zero-order valence-corrected chi connectivity index (χ0v) is 16.4. The first-order valence-corrected chi connectivity index (χ1v) is 9.70. The van der Waals surface area contributed by atoms with Gasteiger partial charge in [-0.15, -0.1) is 0 Å². The lowest BCUT2D eigenvalue weighted by Gasteiger charge is -2.10. The molecule has 7 nitrogen and oxygen atoms in total. The standard InChI is InChI=1S/C16H21N5O2S2/c1-10-13(24-9-8-17)25-15(18-10)19-11(22)6-5-7-12-20-14(21-23-12)16(2,3)4/h5-7,9H2,1-4H3,(H,18,19,22). The van der Waals surface area contributed by atoms with Crippen LogP contribution in [0, 0.1) is 18.3 Å². The van der Waals surface area contributed by atoms with Gasteiger partial charge in [-0.3, -0.25) is 4.79 Å². The summed E-state index contributed by atoms with van der Waals surface area (Å²) in [7, 11) is 0. The van der Waals surface area contributed by atoms with Crippen molar-refractivity contribution in [1.82, 2.24) is 15.1 Å². The van der Waals surface area contributed by atoms with Crippen molar-refractivity contribution in [2.75, 3.05) is 11.1 Å². The minimum Gasteiger partial charge on any atom is -0.339 e. The van der Waals surface area contributed by atoms with E-state index in [1.807, 2.05) is 27.7 Å². The Morgan fingerprint density at radius 1 is 1.40 bits per heavy atom. The number of thiazole rings is 1. The quantitative estimate of drug-likeness (QED) is 0.731.